The summed E-state index contributed by atoms with van der Waals surface area (Å²) >= 11 is 0. The molecule has 1 aromatic rings. The Morgan fingerprint density at radius 2 is 1.79 bits per heavy atom. The number of carboxylic acid groups (broad SMARTS) is 1. The molecular weight excluding hydrogens is 242 g/mol. The van der Waals surface area contributed by atoms with Gasteiger partial charge in [0.25, 0.3) is 0 Å². The number of piperidine rings is 1. The number of carbonyl (C=O) groups is 1. The Morgan fingerprint density at radius 1 is 1.26 bits per heavy atom. The molecule has 2 rings (SSSR count). The number of aromatic carboxylic acids is 1. The van der Waals surface area contributed by atoms with E-state index in [1.807, 2.05) is 0 Å². The minimum Gasteiger partial charge on any atom is -0.478 e. The van der Waals surface area contributed by atoms with Gasteiger partial charge in [-0.25, -0.2) is 14.8 Å². The maximum atomic E-state index is 10.7. The minimum absolute atomic E-state index is 0.133. The highest BCUT2D eigenvalue weighted by molar-refractivity contribution is 5.86. The van der Waals surface area contributed by atoms with Gasteiger partial charge in [-0.05, 0) is 24.2 Å². The van der Waals surface area contributed by atoms with Gasteiger partial charge >= 0.3 is 5.97 Å². The Balaban J connectivity index is 2.00. The Morgan fingerprint density at radius 3 is 2.21 bits per heavy atom. The van der Waals surface area contributed by atoms with E-state index in [0.717, 1.165) is 31.8 Å². The first-order valence-electron chi connectivity index (χ1n) is 6.68. The highest BCUT2D eigenvalue weighted by Crippen LogP contribution is 2.34. The molecule has 0 atom stereocenters. The lowest BCUT2D eigenvalue weighted by Crippen LogP contribution is -2.38. The van der Waals surface area contributed by atoms with Crippen molar-refractivity contribution in [3.05, 3.63) is 18.0 Å². The van der Waals surface area contributed by atoms with Crippen LogP contribution in [0.2, 0.25) is 0 Å². The molecule has 0 aliphatic carbocycles. The molecule has 1 N–H and O–H groups in total. The van der Waals surface area contributed by atoms with E-state index in [0.29, 0.717) is 11.4 Å². The smallest absolute Gasteiger partial charge is 0.338 e. The summed E-state index contributed by atoms with van der Waals surface area (Å²) in [6.07, 6.45) is 5.02. The molecule has 1 aliphatic heterocycles. The van der Waals surface area contributed by atoms with Crippen LogP contribution in [0.5, 0.6) is 0 Å². The average Bonchev–Trinajstić information content (AvgIpc) is 2.38. The first kappa shape index (κ1) is 13.8. The van der Waals surface area contributed by atoms with E-state index >= 15 is 0 Å². The maximum Gasteiger partial charge on any atom is 0.338 e. The monoisotopic (exact) mass is 263 g/mol. The molecule has 0 unspecified atom stereocenters. The summed E-state index contributed by atoms with van der Waals surface area (Å²) in [6.45, 7) is 8.73. The van der Waals surface area contributed by atoms with Crippen molar-refractivity contribution in [2.24, 2.45) is 11.3 Å². The van der Waals surface area contributed by atoms with Gasteiger partial charge in [0.1, 0.15) is 0 Å². The van der Waals surface area contributed by atoms with Gasteiger partial charge in [-0.2, -0.15) is 0 Å². The SMILES string of the molecule is CC(C)(C)C1CCN(c2ncc(C(=O)O)cn2)CC1. The first-order valence-corrected chi connectivity index (χ1v) is 6.68. The fourth-order valence-electron chi connectivity index (χ4n) is 2.54. The van der Waals surface area contributed by atoms with Crippen molar-refractivity contribution >= 4 is 11.9 Å². The van der Waals surface area contributed by atoms with Crippen LogP contribution >= 0.6 is 0 Å². The van der Waals surface area contributed by atoms with Gasteiger partial charge in [0, 0.05) is 25.5 Å². The second-order valence-electron chi connectivity index (χ2n) is 6.20. The van der Waals surface area contributed by atoms with E-state index in [-0.39, 0.29) is 5.56 Å². The largest absolute Gasteiger partial charge is 0.478 e. The molecule has 0 saturated carbocycles. The summed E-state index contributed by atoms with van der Waals surface area (Å²) in [6, 6.07) is 0. The molecule has 0 radical (unpaired) electrons. The summed E-state index contributed by atoms with van der Waals surface area (Å²) in [5.41, 5.74) is 0.480. The normalized spacial score (nSPS) is 17.5. The summed E-state index contributed by atoms with van der Waals surface area (Å²) in [7, 11) is 0. The van der Waals surface area contributed by atoms with Crippen molar-refractivity contribution in [1.29, 1.82) is 0 Å². The van der Waals surface area contributed by atoms with Crippen LogP contribution in [-0.4, -0.2) is 34.1 Å². The van der Waals surface area contributed by atoms with Gasteiger partial charge in [0.05, 0.1) is 5.56 Å². The number of carboxylic acids is 1. The highest BCUT2D eigenvalue weighted by atomic mass is 16.4. The molecular formula is C14H21N3O2. The molecule has 2 heterocycles. The molecule has 1 fully saturated rings. The van der Waals surface area contributed by atoms with Crippen LogP contribution in [-0.2, 0) is 0 Å². The second kappa shape index (κ2) is 5.15. The van der Waals surface area contributed by atoms with Crippen LogP contribution in [0, 0.1) is 11.3 Å². The van der Waals surface area contributed by atoms with Crippen molar-refractivity contribution in [1.82, 2.24) is 9.97 Å². The Labute approximate surface area is 113 Å². The highest BCUT2D eigenvalue weighted by Gasteiger charge is 2.29. The zero-order chi connectivity index (χ0) is 14.0. The number of aromatic nitrogens is 2. The molecule has 0 bridgehead atoms. The van der Waals surface area contributed by atoms with Crippen molar-refractivity contribution in [3.63, 3.8) is 0 Å². The van der Waals surface area contributed by atoms with Gasteiger partial charge in [0.2, 0.25) is 5.95 Å². The van der Waals surface area contributed by atoms with Gasteiger partial charge < -0.3 is 10.0 Å². The lowest BCUT2D eigenvalue weighted by atomic mass is 9.75. The van der Waals surface area contributed by atoms with Gasteiger partial charge in [-0.15, -0.1) is 0 Å². The summed E-state index contributed by atoms with van der Waals surface area (Å²) in [5.74, 6) is 0.373. The lowest BCUT2D eigenvalue weighted by molar-refractivity contribution is 0.0696. The van der Waals surface area contributed by atoms with Gasteiger partial charge in [-0.3, -0.25) is 0 Å². The zero-order valence-corrected chi connectivity index (χ0v) is 11.8. The Bertz CT molecular complexity index is 443. The van der Waals surface area contributed by atoms with Crippen molar-refractivity contribution in [2.75, 3.05) is 18.0 Å². The minimum atomic E-state index is -0.988. The number of anilines is 1. The summed E-state index contributed by atoms with van der Waals surface area (Å²) < 4.78 is 0. The molecule has 0 amide bonds. The Kier molecular flexibility index (Phi) is 3.73. The van der Waals surface area contributed by atoms with E-state index in [1.165, 1.54) is 12.4 Å². The topological polar surface area (TPSA) is 66.3 Å². The van der Waals surface area contributed by atoms with Crippen molar-refractivity contribution in [3.8, 4) is 0 Å². The zero-order valence-electron chi connectivity index (χ0n) is 11.8. The molecule has 104 valence electrons. The van der Waals surface area contributed by atoms with Gasteiger partial charge in [-0.1, -0.05) is 20.8 Å². The van der Waals surface area contributed by atoms with Crippen molar-refractivity contribution < 1.29 is 9.90 Å². The number of nitrogens with zero attached hydrogens (tertiary/aromatic N) is 3. The van der Waals surface area contributed by atoms with Crippen LogP contribution in [0.3, 0.4) is 0 Å². The van der Waals surface area contributed by atoms with E-state index < -0.39 is 5.97 Å². The number of rotatable bonds is 2. The number of hydrogen-bond acceptors (Lipinski definition) is 4. The molecule has 5 nitrogen and oxygen atoms in total. The van der Waals surface area contributed by atoms with Crippen LogP contribution in [0.25, 0.3) is 0 Å². The molecule has 1 aliphatic rings. The van der Waals surface area contributed by atoms with Crippen LogP contribution in [0.4, 0.5) is 5.95 Å². The fraction of sp³-hybridized carbons (Fsp3) is 0.643. The van der Waals surface area contributed by atoms with E-state index in [9.17, 15) is 4.79 Å². The lowest BCUT2D eigenvalue weighted by Gasteiger charge is -2.38. The predicted molar refractivity (Wildman–Crippen MR) is 73.4 cm³/mol. The maximum absolute atomic E-state index is 10.7. The van der Waals surface area contributed by atoms with Crippen LogP contribution in [0.15, 0.2) is 12.4 Å². The van der Waals surface area contributed by atoms with Crippen LogP contribution < -0.4 is 4.90 Å². The predicted octanol–water partition coefficient (Wildman–Crippen LogP) is 2.44. The second-order valence-corrected chi connectivity index (χ2v) is 6.20. The molecule has 19 heavy (non-hydrogen) atoms. The van der Waals surface area contributed by atoms with E-state index in [4.69, 9.17) is 5.11 Å². The molecule has 0 aromatic carbocycles. The Hall–Kier alpha value is -1.65. The third kappa shape index (κ3) is 3.22. The van der Waals surface area contributed by atoms with Crippen LogP contribution in [0.1, 0.15) is 44.0 Å². The summed E-state index contributed by atoms with van der Waals surface area (Å²) in [5, 5.41) is 8.82. The quantitative estimate of drug-likeness (QED) is 0.887. The molecule has 1 saturated heterocycles. The summed E-state index contributed by atoms with van der Waals surface area (Å²) in [4.78, 5) is 21.2. The molecule has 5 heteroatoms. The van der Waals surface area contributed by atoms with E-state index in [1.54, 1.807) is 0 Å². The average molecular weight is 263 g/mol. The standard InChI is InChI=1S/C14H21N3O2/c1-14(2,3)11-4-6-17(7-5-11)13-15-8-10(9-16-13)12(18)19/h8-9,11H,4-7H2,1-3H3,(H,18,19). The third-order valence-corrected chi connectivity index (χ3v) is 3.89. The third-order valence-electron chi connectivity index (χ3n) is 3.89. The first-order chi connectivity index (χ1) is 8.88. The fourth-order valence-corrected chi connectivity index (χ4v) is 2.54. The van der Waals surface area contributed by atoms with Crippen molar-refractivity contribution in [2.45, 2.75) is 33.6 Å². The molecule has 1 aromatic heterocycles. The number of hydrogen-bond donors (Lipinski definition) is 1. The molecule has 0 spiro atoms. The van der Waals surface area contributed by atoms with E-state index in [2.05, 4.69) is 35.6 Å². The van der Waals surface area contributed by atoms with Gasteiger partial charge in [0.15, 0.2) is 0 Å².